The third-order valence-electron chi connectivity index (χ3n) is 3.29. The molecule has 0 fully saturated rings. The normalized spacial score (nSPS) is 12.8. The molecule has 0 saturated heterocycles. The zero-order valence-corrected chi connectivity index (χ0v) is 12.6. The Morgan fingerprint density at radius 3 is 2.20 bits per heavy atom. The summed E-state index contributed by atoms with van der Waals surface area (Å²) in [4.78, 5) is 0. The van der Waals surface area contributed by atoms with Crippen LogP contribution in [0.25, 0.3) is 0 Å². The van der Waals surface area contributed by atoms with Crippen molar-refractivity contribution in [2.45, 2.75) is 25.4 Å². The van der Waals surface area contributed by atoms with Gasteiger partial charge in [0, 0.05) is 13.6 Å². The van der Waals surface area contributed by atoms with Gasteiger partial charge in [0.15, 0.2) is 0 Å². The van der Waals surface area contributed by atoms with Crippen LogP contribution in [0.4, 0.5) is 0 Å². The summed E-state index contributed by atoms with van der Waals surface area (Å²) < 4.78 is 28.0. The summed E-state index contributed by atoms with van der Waals surface area (Å²) in [5.74, 6) is 0. The molecule has 1 aromatic rings. The number of hydrogen-bond donors (Lipinski definition) is 3. The minimum absolute atomic E-state index is 0.215. The van der Waals surface area contributed by atoms with Gasteiger partial charge in [0.05, 0.1) is 18.8 Å². The van der Waals surface area contributed by atoms with Crippen molar-refractivity contribution in [2.75, 3.05) is 20.3 Å². The van der Waals surface area contributed by atoms with E-state index in [2.05, 4.69) is 4.72 Å². The predicted octanol–water partition coefficient (Wildman–Crippen LogP) is 0.0862. The van der Waals surface area contributed by atoms with E-state index in [-0.39, 0.29) is 6.54 Å². The molecule has 0 saturated carbocycles. The monoisotopic (exact) mass is 302 g/mol. The van der Waals surface area contributed by atoms with Crippen LogP contribution in [0.5, 0.6) is 0 Å². The average molecular weight is 302 g/mol. The van der Waals surface area contributed by atoms with Gasteiger partial charge in [-0.3, -0.25) is 0 Å². The Bertz CT molecular complexity index is 492. The summed E-state index contributed by atoms with van der Waals surface area (Å²) in [5.41, 5.74) is -0.375. The zero-order valence-electron chi connectivity index (χ0n) is 11.8. The Hall–Kier alpha value is -0.990. The van der Waals surface area contributed by atoms with Crippen LogP contribution < -0.4 is 4.72 Å². The van der Waals surface area contributed by atoms with Crippen molar-refractivity contribution < 1.29 is 18.6 Å². The number of hydrogen-bond acceptors (Lipinski definition) is 4. The van der Waals surface area contributed by atoms with Crippen LogP contribution in [0, 0.1) is 0 Å². The standard InChI is InChI=1S/C13H22N2O4S/c1-3-13(10-16,11-17)14-20(18,19)15(2)9-12-7-5-4-6-8-12/h4-8,14,16-17H,3,9-11H2,1-2H3. The molecule has 6 nitrogen and oxygen atoms in total. The average Bonchev–Trinajstić information content (AvgIpc) is 2.46. The van der Waals surface area contributed by atoms with E-state index in [4.69, 9.17) is 0 Å². The van der Waals surface area contributed by atoms with Gasteiger partial charge < -0.3 is 10.2 Å². The maximum absolute atomic E-state index is 12.2. The van der Waals surface area contributed by atoms with E-state index < -0.39 is 29.0 Å². The van der Waals surface area contributed by atoms with E-state index in [9.17, 15) is 18.6 Å². The van der Waals surface area contributed by atoms with Crippen molar-refractivity contribution in [1.29, 1.82) is 0 Å². The second-order valence-electron chi connectivity index (χ2n) is 4.80. The fourth-order valence-electron chi connectivity index (χ4n) is 1.69. The minimum Gasteiger partial charge on any atom is -0.394 e. The Labute approximate surface area is 120 Å². The molecule has 0 amide bonds. The second kappa shape index (κ2) is 7.14. The predicted molar refractivity (Wildman–Crippen MR) is 77.2 cm³/mol. The number of rotatable bonds is 8. The zero-order chi connectivity index (χ0) is 15.2. The summed E-state index contributed by atoms with van der Waals surface area (Å²) >= 11 is 0. The van der Waals surface area contributed by atoms with Gasteiger partial charge in [0.2, 0.25) is 0 Å². The van der Waals surface area contributed by atoms with E-state index in [0.717, 1.165) is 9.87 Å². The molecule has 1 rings (SSSR count). The number of nitrogens with zero attached hydrogens (tertiary/aromatic N) is 1. The Kier molecular flexibility index (Phi) is 6.09. The Morgan fingerprint density at radius 2 is 1.75 bits per heavy atom. The summed E-state index contributed by atoms with van der Waals surface area (Å²) in [5, 5.41) is 18.6. The van der Waals surface area contributed by atoms with Crippen LogP contribution in [0.15, 0.2) is 30.3 Å². The van der Waals surface area contributed by atoms with Crippen LogP contribution in [-0.4, -0.2) is 48.7 Å². The van der Waals surface area contributed by atoms with Gasteiger partial charge in [-0.25, -0.2) is 0 Å². The van der Waals surface area contributed by atoms with Crippen molar-refractivity contribution in [1.82, 2.24) is 9.03 Å². The lowest BCUT2D eigenvalue weighted by molar-refractivity contribution is 0.104. The number of aliphatic hydroxyl groups excluding tert-OH is 2. The van der Waals surface area contributed by atoms with E-state index in [1.54, 1.807) is 6.92 Å². The maximum atomic E-state index is 12.2. The number of aliphatic hydroxyl groups is 2. The third kappa shape index (κ3) is 4.26. The molecule has 0 aliphatic rings. The second-order valence-corrected chi connectivity index (χ2v) is 6.58. The SMILES string of the molecule is CCC(CO)(CO)NS(=O)(=O)N(C)Cc1ccccc1. The molecule has 0 heterocycles. The van der Waals surface area contributed by atoms with Crippen LogP contribution in [-0.2, 0) is 16.8 Å². The maximum Gasteiger partial charge on any atom is 0.280 e. The van der Waals surface area contributed by atoms with Gasteiger partial charge in [-0.2, -0.15) is 17.4 Å². The Morgan fingerprint density at radius 1 is 1.20 bits per heavy atom. The molecule has 20 heavy (non-hydrogen) atoms. The van der Waals surface area contributed by atoms with Crippen molar-refractivity contribution in [3.8, 4) is 0 Å². The minimum atomic E-state index is -3.79. The molecule has 0 bridgehead atoms. The fourth-order valence-corrected chi connectivity index (χ4v) is 2.98. The largest absolute Gasteiger partial charge is 0.394 e. The first-order valence-corrected chi connectivity index (χ1v) is 7.84. The van der Waals surface area contributed by atoms with Crippen molar-refractivity contribution in [3.05, 3.63) is 35.9 Å². The topological polar surface area (TPSA) is 89.9 Å². The number of nitrogens with one attached hydrogen (secondary N) is 1. The molecule has 0 spiro atoms. The molecule has 3 N–H and O–H groups in total. The number of benzene rings is 1. The van der Waals surface area contributed by atoms with Gasteiger partial charge in [0.1, 0.15) is 0 Å². The van der Waals surface area contributed by atoms with Crippen molar-refractivity contribution in [2.24, 2.45) is 0 Å². The van der Waals surface area contributed by atoms with E-state index in [0.29, 0.717) is 6.42 Å². The molecule has 0 aliphatic heterocycles. The first-order valence-electron chi connectivity index (χ1n) is 6.40. The van der Waals surface area contributed by atoms with E-state index in [1.807, 2.05) is 30.3 Å². The molecule has 7 heteroatoms. The van der Waals surface area contributed by atoms with E-state index in [1.165, 1.54) is 7.05 Å². The van der Waals surface area contributed by atoms with Crippen LogP contribution in [0.3, 0.4) is 0 Å². The summed E-state index contributed by atoms with van der Waals surface area (Å²) in [6.07, 6.45) is 0.290. The summed E-state index contributed by atoms with van der Waals surface area (Å²) in [6, 6.07) is 9.19. The van der Waals surface area contributed by atoms with Gasteiger partial charge in [-0.1, -0.05) is 37.3 Å². The molecule has 0 radical (unpaired) electrons. The van der Waals surface area contributed by atoms with E-state index >= 15 is 0 Å². The van der Waals surface area contributed by atoms with Crippen LogP contribution in [0.2, 0.25) is 0 Å². The molecule has 0 aliphatic carbocycles. The third-order valence-corrected chi connectivity index (χ3v) is 4.93. The highest BCUT2D eigenvalue weighted by atomic mass is 32.2. The van der Waals surface area contributed by atoms with Gasteiger partial charge >= 0.3 is 0 Å². The van der Waals surface area contributed by atoms with Gasteiger partial charge in [0.25, 0.3) is 10.2 Å². The molecule has 0 unspecified atom stereocenters. The molecular formula is C13H22N2O4S. The molecule has 1 aromatic carbocycles. The highest BCUT2D eigenvalue weighted by Gasteiger charge is 2.33. The summed E-state index contributed by atoms with van der Waals surface area (Å²) in [7, 11) is -2.34. The van der Waals surface area contributed by atoms with Crippen LogP contribution in [0.1, 0.15) is 18.9 Å². The highest BCUT2D eigenvalue weighted by molar-refractivity contribution is 7.87. The highest BCUT2D eigenvalue weighted by Crippen LogP contribution is 2.13. The quantitative estimate of drug-likeness (QED) is 0.635. The lowest BCUT2D eigenvalue weighted by Gasteiger charge is -2.31. The fraction of sp³-hybridized carbons (Fsp3) is 0.538. The summed E-state index contributed by atoms with van der Waals surface area (Å²) in [6.45, 7) is 0.996. The molecule has 0 atom stereocenters. The van der Waals surface area contributed by atoms with Crippen molar-refractivity contribution in [3.63, 3.8) is 0 Å². The Balaban J connectivity index is 2.82. The van der Waals surface area contributed by atoms with Gasteiger partial charge in [-0.15, -0.1) is 0 Å². The van der Waals surface area contributed by atoms with Crippen molar-refractivity contribution >= 4 is 10.2 Å². The lowest BCUT2D eigenvalue weighted by Crippen LogP contribution is -2.56. The first-order chi connectivity index (χ1) is 9.39. The molecule has 114 valence electrons. The first kappa shape index (κ1) is 17.1. The molecule has 0 aromatic heterocycles. The van der Waals surface area contributed by atoms with Crippen LogP contribution >= 0.6 is 0 Å². The smallest absolute Gasteiger partial charge is 0.280 e. The van der Waals surface area contributed by atoms with Gasteiger partial charge in [-0.05, 0) is 12.0 Å². The molecular weight excluding hydrogens is 280 g/mol. The lowest BCUT2D eigenvalue weighted by atomic mass is 10.0.